The maximum absolute atomic E-state index is 12.2. The van der Waals surface area contributed by atoms with Crippen LogP contribution in [-0.4, -0.2) is 52.5 Å². The molecule has 26 heavy (non-hydrogen) atoms. The second kappa shape index (κ2) is 7.02. The van der Waals surface area contributed by atoms with Gasteiger partial charge in [0.05, 0.1) is 23.8 Å². The second-order valence-electron chi connectivity index (χ2n) is 5.51. The van der Waals surface area contributed by atoms with E-state index in [0.717, 1.165) is 9.99 Å². The summed E-state index contributed by atoms with van der Waals surface area (Å²) in [6, 6.07) is 8.43. The van der Waals surface area contributed by atoms with Gasteiger partial charge in [-0.25, -0.2) is 14.4 Å². The van der Waals surface area contributed by atoms with E-state index in [1.54, 1.807) is 47.7 Å². The molecule has 134 valence electrons. The Hall–Kier alpha value is -3.11. The van der Waals surface area contributed by atoms with Crippen molar-refractivity contribution in [2.75, 3.05) is 14.1 Å². The standard InChI is InChI=1S/C16H16N6O3S/c1-21(2)26(24,25)20-16(23)15-7-3-6-14(19-15)12-9-18-22(11-12)13-5-4-8-17-10-13/h3-11H,1-2H3,(H,20,23). The number of nitrogens with one attached hydrogen (secondary N) is 1. The number of hydrogen-bond acceptors (Lipinski definition) is 6. The highest BCUT2D eigenvalue weighted by molar-refractivity contribution is 7.87. The molecule has 3 heterocycles. The molecule has 3 aromatic rings. The number of pyridine rings is 2. The van der Waals surface area contributed by atoms with Crippen LogP contribution in [0.5, 0.6) is 0 Å². The van der Waals surface area contributed by atoms with E-state index in [9.17, 15) is 13.2 Å². The number of carbonyl (C=O) groups excluding carboxylic acids is 1. The first-order valence-corrected chi connectivity index (χ1v) is 8.98. The maximum Gasteiger partial charge on any atom is 0.303 e. The lowest BCUT2D eigenvalue weighted by atomic mass is 10.2. The van der Waals surface area contributed by atoms with Crippen molar-refractivity contribution in [3.63, 3.8) is 0 Å². The van der Waals surface area contributed by atoms with Crippen molar-refractivity contribution < 1.29 is 13.2 Å². The third-order valence-electron chi connectivity index (χ3n) is 3.47. The summed E-state index contributed by atoms with van der Waals surface area (Å²) in [5.74, 6) is -0.805. The number of rotatable bonds is 5. The van der Waals surface area contributed by atoms with Gasteiger partial charge in [0.2, 0.25) is 0 Å². The van der Waals surface area contributed by atoms with Crippen LogP contribution < -0.4 is 4.72 Å². The third kappa shape index (κ3) is 3.76. The molecular formula is C16H16N6O3S. The van der Waals surface area contributed by atoms with Crippen molar-refractivity contribution in [1.29, 1.82) is 0 Å². The summed E-state index contributed by atoms with van der Waals surface area (Å²) in [7, 11) is -1.23. The van der Waals surface area contributed by atoms with Gasteiger partial charge in [-0.15, -0.1) is 0 Å². The molecule has 0 unspecified atom stereocenters. The fourth-order valence-corrected chi connectivity index (χ4v) is 2.59. The van der Waals surface area contributed by atoms with Gasteiger partial charge in [-0.05, 0) is 24.3 Å². The van der Waals surface area contributed by atoms with Gasteiger partial charge in [0, 0.05) is 32.1 Å². The van der Waals surface area contributed by atoms with E-state index in [1.165, 1.54) is 20.2 Å². The summed E-state index contributed by atoms with van der Waals surface area (Å²) in [5.41, 5.74) is 1.95. The Morgan fingerprint density at radius 1 is 1.15 bits per heavy atom. The van der Waals surface area contributed by atoms with Gasteiger partial charge in [-0.2, -0.15) is 17.8 Å². The number of aromatic nitrogens is 4. The van der Waals surface area contributed by atoms with Crippen LogP contribution in [0, 0.1) is 0 Å². The number of carbonyl (C=O) groups is 1. The highest BCUT2D eigenvalue weighted by atomic mass is 32.2. The van der Waals surface area contributed by atoms with Crippen molar-refractivity contribution in [2.45, 2.75) is 0 Å². The van der Waals surface area contributed by atoms with E-state index in [-0.39, 0.29) is 5.69 Å². The Morgan fingerprint density at radius 2 is 1.96 bits per heavy atom. The molecule has 0 aromatic carbocycles. The van der Waals surface area contributed by atoms with E-state index >= 15 is 0 Å². The third-order valence-corrected chi connectivity index (χ3v) is 4.88. The molecule has 1 amide bonds. The van der Waals surface area contributed by atoms with Crippen LogP contribution in [0.2, 0.25) is 0 Å². The molecule has 0 bridgehead atoms. The zero-order valence-electron chi connectivity index (χ0n) is 14.1. The van der Waals surface area contributed by atoms with Crippen LogP contribution >= 0.6 is 0 Å². The topological polar surface area (TPSA) is 110 Å². The molecule has 3 aromatic heterocycles. The van der Waals surface area contributed by atoms with Gasteiger partial charge in [0.1, 0.15) is 5.69 Å². The maximum atomic E-state index is 12.2. The lowest BCUT2D eigenvalue weighted by Gasteiger charge is -2.12. The van der Waals surface area contributed by atoms with Gasteiger partial charge in [0.25, 0.3) is 5.91 Å². The highest BCUT2D eigenvalue weighted by Gasteiger charge is 2.19. The summed E-state index contributed by atoms with van der Waals surface area (Å²) in [6.07, 6.45) is 6.69. The van der Waals surface area contributed by atoms with E-state index in [2.05, 4.69) is 15.1 Å². The van der Waals surface area contributed by atoms with Crippen molar-refractivity contribution in [1.82, 2.24) is 28.8 Å². The Morgan fingerprint density at radius 3 is 2.65 bits per heavy atom. The average Bonchev–Trinajstić information content (AvgIpc) is 3.12. The molecular weight excluding hydrogens is 356 g/mol. The quantitative estimate of drug-likeness (QED) is 0.711. The predicted molar refractivity (Wildman–Crippen MR) is 94.7 cm³/mol. The molecule has 1 N–H and O–H groups in total. The normalized spacial score (nSPS) is 11.5. The van der Waals surface area contributed by atoms with Crippen LogP contribution in [0.3, 0.4) is 0 Å². The first-order chi connectivity index (χ1) is 12.4. The van der Waals surface area contributed by atoms with Gasteiger partial charge in [-0.3, -0.25) is 9.78 Å². The first-order valence-electron chi connectivity index (χ1n) is 7.54. The molecule has 0 saturated carbocycles. The van der Waals surface area contributed by atoms with E-state index < -0.39 is 16.1 Å². The van der Waals surface area contributed by atoms with Crippen molar-refractivity contribution >= 4 is 16.1 Å². The molecule has 0 aliphatic carbocycles. The van der Waals surface area contributed by atoms with E-state index in [4.69, 9.17) is 0 Å². The van der Waals surface area contributed by atoms with Crippen LogP contribution in [0.15, 0.2) is 55.1 Å². The zero-order valence-corrected chi connectivity index (χ0v) is 14.9. The van der Waals surface area contributed by atoms with Crippen LogP contribution in [-0.2, 0) is 10.2 Å². The largest absolute Gasteiger partial charge is 0.303 e. The van der Waals surface area contributed by atoms with Gasteiger partial charge in [0.15, 0.2) is 0 Å². The Bertz CT molecular complexity index is 1030. The average molecular weight is 372 g/mol. The van der Waals surface area contributed by atoms with Crippen LogP contribution in [0.25, 0.3) is 16.9 Å². The number of nitrogens with zero attached hydrogens (tertiary/aromatic N) is 5. The highest BCUT2D eigenvalue weighted by Crippen LogP contribution is 2.18. The summed E-state index contributed by atoms with van der Waals surface area (Å²) in [5, 5.41) is 4.25. The Labute approximate surface area is 150 Å². The van der Waals surface area contributed by atoms with Gasteiger partial charge in [-0.1, -0.05) is 6.07 Å². The molecule has 0 saturated heterocycles. The second-order valence-corrected chi connectivity index (χ2v) is 7.40. The fraction of sp³-hybridized carbons (Fsp3) is 0.125. The van der Waals surface area contributed by atoms with Crippen LogP contribution in [0.4, 0.5) is 0 Å². The first kappa shape index (κ1) is 17.7. The lowest BCUT2D eigenvalue weighted by Crippen LogP contribution is -2.39. The predicted octanol–water partition coefficient (Wildman–Crippen LogP) is 0.865. The molecule has 0 aliphatic heterocycles. The Balaban J connectivity index is 1.86. The van der Waals surface area contributed by atoms with Crippen molar-refractivity contribution in [2.24, 2.45) is 0 Å². The number of amides is 1. The minimum absolute atomic E-state index is 0.0120. The fourth-order valence-electron chi connectivity index (χ4n) is 2.07. The van der Waals surface area contributed by atoms with Crippen molar-refractivity contribution in [3.8, 4) is 16.9 Å². The molecule has 3 rings (SSSR count). The Kier molecular flexibility index (Phi) is 4.78. The van der Waals surface area contributed by atoms with E-state index in [1.807, 2.05) is 10.8 Å². The molecule has 0 spiro atoms. The van der Waals surface area contributed by atoms with Gasteiger partial charge < -0.3 is 0 Å². The van der Waals surface area contributed by atoms with Crippen LogP contribution in [0.1, 0.15) is 10.5 Å². The molecule has 0 atom stereocenters. The molecule has 10 heteroatoms. The molecule has 0 aliphatic rings. The zero-order chi connectivity index (χ0) is 18.7. The summed E-state index contributed by atoms with van der Waals surface area (Å²) >= 11 is 0. The monoisotopic (exact) mass is 372 g/mol. The summed E-state index contributed by atoms with van der Waals surface area (Å²) < 4.78 is 28.0. The van der Waals surface area contributed by atoms with Crippen molar-refractivity contribution in [3.05, 3.63) is 60.8 Å². The SMILES string of the molecule is CN(C)S(=O)(=O)NC(=O)c1cccc(-c2cnn(-c3cccnc3)c2)n1. The van der Waals surface area contributed by atoms with E-state index in [0.29, 0.717) is 11.3 Å². The molecule has 0 radical (unpaired) electrons. The molecule has 9 nitrogen and oxygen atoms in total. The minimum atomic E-state index is -3.88. The summed E-state index contributed by atoms with van der Waals surface area (Å²) in [6.45, 7) is 0. The number of hydrogen-bond donors (Lipinski definition) is 1. The molecule has 0 fully saturated rings. The minimum Gasteiger partial charge on any atom is -0.266 e. The van der Waals surface area contributed by atoms with Gasteiger partial charge >= 0.3 is 10.2 Å². The summed E-state index contributed by atoms with van der Waals surface area (Å²) in [4.78, 5) is 20.4. The smallest absolute Gasteiger partial charge is 0.266 e. The lowest BCUT2D eigenvalue weighted by molar-refractivity contribution is 0.0975.